The Bertz CT molecular complexity index is 383. The van der Waals surface area contributed by atoms with E-state index in [1.165, 1.54) is 18.6 Å². The highest BCUT2D eigenvalue weighted by Crippen LogP contribution is 2.29. The highest BCUT2D eigenvalue weighted by molar-refractivity contribution is 5.24. The van der Waals surface area contributed by atoms with E-state index in [2.05, 4.69) is 5.32 Å². The molecule has 0 aromatic heterocycles. The molecule has 1 heterocycles. The molecule has 0 amide bonds. The zero-order valence-corrected chi connectivity index (χ0v) is 10.7. The maximum atomic E-state index is 12.4. The molecule has 2 nitrogen and oxygen atoms in total. The van der Waals surface area contributed by atoms with Crippen LogP contribution in [0.3, 0.4) is 0 Å². The van der Waals surface area contributed by atoms with Crippen LogP contribution in [0.4, 0.5) is 13.2 Å². The summed E-state index contributed by atoms with van der Waals surface area (Å²) in [5.41, 5.74) is 0.246. The van der Waals surface area contributed by atoms with Gasteiger partial charge in [-0.2, -0.15) is 13.2 Å². The van der Waals surface area contributed by atoms with Gasteiger partial charge in [0, 0.05) is 19.7 Å². The summed E-state index contributed by atoms with van der Waals surface area (Å²) in [6.45, 7) is 2.13. The van der Waals surface area contributed by atoms with E-state index in [1.54, 1.807) is 0 Å². The van der Waals surface area contributed by atoms with E-state index in [1.807, 2.05) is 0 Å². The first-order valence-electron chi connectivity index (χ1n) is 6.54. The minimum atomic E-state index is -4.26. The van der Waals surface area contributed by atoms with Gasteiger partial charge in [-0.1, -0.05) is 12.1 Å². The van der Waals surface area contributed by atoms with E-state index in [-0.39, 0.29) is 6.10 Å². The van der Waals surface area contributed by atoms with Gasteiger partial charge in [0.25, 0.3) is 0 Å². The number of hydrogen-bond acceptors (Lipinski definition) is 2. The van der Waals surface area contributed by atoms with Crippen molar-refractivity contribution in [1.82, 2.24) is 5.32 Å². The molecule has 1 aromatic carbocycles. The van der Waals surface area contributed by atoms with Gasteiger partial charge in [-0.3, -0.25) is 0 Å². The number of hydrogen-bond donors (Lipinski definition) is 1. The van der Waals surface area contributed by atoms with Gasteiger partial charge in [0.05, 0.1) is 11.7 Å². The predicted octanol–water partition coefficient (Wildman–Crippen LogP) is 3.36. The second-order valence-electron chi connectivity index (χ2n) is 4.81. The van der Waals surface area contributed by atoms with Crippen LogP contribution in [0.2, 0.25) is 0 Å². The minimum absolute atomic E-state index is 0.239. The summed E-state index contributed by atoms with van der Waals surface area (Å²) in [6.07, 6.45) is -0.660. The summed E-state index contributed by atoms with van der Waals surface area (Å²) in [5.74, 6) is 0. The Hall–Kier alpha value is -1.07. The molecular weight excluding hydrogens is 255 g/mol. The van der Waals surface area contributed by atoms with Crippen molar-refractivity contribution in [3.8, 4) is 0 Å². The number of alkyl halides is 3. The fraction of sp³-hybridized carbons (Fsp3) is 0.571. The second-order valence-corrected chi connectivity index (χ2v) is 4.81. The van der Waals surface area contributed by atoms with Crippen LogP contribution < -0.4 is 5.32 Å². The predicted molar refractivity (Wildman–Crippen MR) is 66.7 cm³/mol. The third-order valence-corrected chi connectivity index (χ3v) is 3.26. The lowest BCUT2D eigenvalue weighted by atomic mass is 10.1. The first kappa shape index (κ1) is 14.3. The summed E-state index contributed by atoms with van der Waals surface area (Å²) in [4.78, 5) is 0. The number of nitrogens with one attached hydrogen (secondary N) is 1. The lowest BCUT2D eigenvalue weighted by Crippen LogP contribution is -2.31. The average Bonchev–Trinajstić information content (AvgIpc) is 2.39. The smallest absolute Gasteiger partial charge is 0.377 e. The standard InChI is InChI=1S/C14H18F3NO/c15-14(16,17)12-6-4-11(5-7-12)9-18-10-13-3-1-2-8-19-13/h4-7,13,18H,1-3,8-10H2. The van der Waals surface area contributed by atoms with Crippen molar-refractivity contribution >= 4 is 0 Å². The maximum absolute atomic E-state index is 12.4. The summed E-state index contributed by atoms with van der Waals surface area (Å²) in [7, 11) is 0. The Morgan fingerprint density at radius 1 is 1.16 bits per heavy atom. The minimum Gasteiger partial charge on any atom is -0.377 e. The zero-order valence-electron chi connectivity index (χ0n) is 10.7. The molecule has 0 spiro atoms. The molecule has 0 saturated carbocycles. The molecule has 1 aromatic rings. The van der Waals surface area contributed by atoms with Crippen molar-refractivity contribution in [3.05, 3.63) is 35.4 Å². The van der Waals surface area contributed by atoms with E-state index in [0.29, 0.717) is 6.54 Å². The van der Waals surface area contributed by atoms with Gasteiger partial charge in [0.2, 0.25) is 0 Å². The van der Waals surface area contributed by atoms with E-state index in [0.717, 1.165) is 43.7 Å². The van der Waals surface area contributed by atoms with Gasteiger partial charge >= 0.3 is 6.18 Å². The van der Waals surface area contributed by atoms with Crippen LogP contribution in [0.25, 0.3) is 0 Å². The van der Waals surface area contributed by atoms with E-state index in [9.17, 15) is 13.2 Å². The van der Waals surface area contributed by atoms with Crippen molar-refractivity contribution in [2.24, 2.45) is 0 Å². The van der Waals surface area contributed by atoms with E-state index < -0.39 is 11.7 Å². The number of benzene rings is 1. The molecular formula is C14H18F3NO. The van der Waals surface area contributed by atoms with Crippen molar-refractivity contribution in [3.63, 3.8) is 0 Å². The van der Waals surface area contributed by atoms with Gasteiger partial charge in [-0.15, -0.1) is 0 Å². The van der Waals surface area contributed by atoms with Gasteiger partial charge in [-0.25, -0.2) is 0 Å². The molecule has 1 fully saturated rings. The molecule has 1 unspecified atom stereocenters. The first-order valence-corrected chi connectivity index (χ1v) is 6.54. The molecule has 0 bridgehead atoms. The molecule has 5 heteroatoms. The molecule has 0 aliphatic carbocycles. The van der Waals surface area contributed by atoms with Crippen LogP contribution in [0.15, 0.2) is 24.3 Å². The fourth-order valence-corrected chi connectivity index (χ4v) is 2.16. The molecule has 0 radical (unpaired) electrons. The molecule has 19 heavy (non-hydrogen) atoms. The van der Waals surface area contributed by atoms with Crippen molar-refractivity contribution in [1.29, 1.82) is 0 Å². The summed E-state index contributed by atoms with van der Waals surface area (Å²) in [5, 5.41) is 3.22. The van der Waals surface area contributed by atoms with Crippen LogP contribution in [0.5, 0.6) is 0 Å². The van der Waals surface area contributed by atoms with E-state index >= 15 is 0 Å². The van der Waals surface area contributed by atoms with Gasteiger partial charge < -0.3 is 10.1 Å². The molecule has 1 saturated heterocycles. The molecule has 1 aliphatic rings. The Kier molecular flexibility index (Phi) is 4.82. The largest absolute Gasteiger partial charge is 0.416 e. The normalized spacial score (nSPS) is 20.5. The third-order valence-electron chi connectivity index (χ3n) is 3.26. The first-order chi connectivity index (χ1) is 9.05. The lowest BCUT2D eigenvalue weighted by Gasteiger charge is -2.22. The Labute approximate surface area is 111 Å². The number of rotatable bonds is 4. The monoisotopic (exact) mass is 273 g/mol. The summed E-state index contributed by atoms with van der Waals surface area (Å²) < 4.78 is 42.7. The van der Waals surface area contributed by atoms with Crippen LogP contribution in [-0.4, -0.2) is 19.3 Å². The van der Waals surface area contributed by atoms with Crippen LogP contribution in [0.1, 0.15) is 30.4 Å². The summed E-state index contributed by atoms with van der Waals surface area (Å²) >= 11 is 0. The zero-order chi connectivity index (χ0) is 13.7. The topological polar surface area (TPSA) is 21.3 Å². The van der Waals surface area contributed by atoms with Crippen LogP contribution in [0, 0.1) is 0 Å². The number of ether oxygens (including phenoxy) is 1. The molecule has 2 rings (SSSR count). The lowest BCUT2D eigenvalue weighted by molar-refractivity contribution is -0.137. The second kappa shape index (κ2) is 6.39. The quantitative estimate of drug-likeness (QED) is 0.908. The van der Waals surface area contributed by atoms with Crippen molar-refractivity contribution in [2.75, 3.05) is 13.2 Å². The van der Waals surface area contributed by atoms with Crippen LogP contribution in [-0.2, 0) is 17.5 Å². The molecule has 106 valence electrons. The Balaban J connectivity index is 1.76. The fourth-order valence-electron chi connectivity index (χ4n) is 2.16. The molecule has 1 N–H and O–H groups in total. The van der Waals surface area contributed by atoms with Crippen molar-refractivity contribution < 1.29 is 17.9 Å². The van der Waals surface area contributed by atoms with Gasteiger partial charge in [0.15, 0.2) is 0 Å². The van der Waals surface area contributed by atoms with Gasteiger partial charge in [-0.05, 0) is 37.0 Å². The molecule has 1 aliphatic heterocycles. The molecule has 1 atom stereocenters. The maximum Gasteiger partial charge on any atom is 0.416 e. The third kappa shape index (κ3) is 4.51. The average molecular weight is 273 g/mol. The van der Waals surface area contributed by atoms with Gasteiger partial charge in [0.1, 0.15) is 0 Å². The Morgan fingerprint density at radius 3 is 2.47 bits per heavy atom. The highest BCUT2D eigenvalue weighted by atomic mass is 19.4. The summed E-state index contributed by atoms with van der Waals surface area (Å²) in [6, 6.07) is 5.26. The highest BCUT2D eigenvalue weighted by Gasteiger charge is 2.29. The number of halogens is 3. The van der Waals surface area contributed by atoms with E-state index in [4.69, 9.17) is 4.74 Å². The Morgan fingerprint density at radius 2 is 1.89 bits per heavy atom. The van der Waals surface area contributed by atoms with Crippen LogP contribution >= 0.6 is 0 Å². The SMILES string of the molecule is FC(F)(F)c1ccc(CNCC2CCCCO2)cc1. The van der Waals surface area contributed by atoms with Crippen molar-refractivity contribution in [2.45, 2.75) is 38.1 Å².